The molecular weight excluding hydrogens is 250 g/mol. The van der Waals surface area contributed by atoms with Gasteiger partial charge in [0.25, 0.3) is 0 Å². The smallest absolute Gasteiger partial charge is 0.243 e. The molecule has 0 unspecified atom stereocenters. The molecule has 1 aromatic carbocycles. The Bertz CT molecular complexity index is 518. The fourth-order valence-electron chi connectivity index (χ4n) is 2.67. The average Bonchev–Trinajstić information content (AvgIpc) is 2.98. The van der Waals surface area contributed by atoms with E-state index in [9.17, 15) is 0 Å². The van der Waals surface area contributed by atoms with E-state index in [0.29, 0.717) is 0 Å². The molecule has 0 radical (unpaired) electrons. The van der Waals surface area contributed by atoms with Gasteiger partial charge in [-0.05, 0) is 37.8 Å². The van der Waals surface area contributed by atoms with Crippen LogP contribution in [0.3, 0.4) is 0 Å². The summed E-state index contributed by atoms with van der Waals surface area (Å²) in [6, 6.07) is 10.8. The molecule has 0 spiro atoms. The fourth-order valence-corrected chi connectivity index (χ4v) is 2.67. The molecule has 1 atom stereocenters. The molecule has 106 valence electrons. The molecule has 1 fully saturated rings. The molecule has 1 aliphatic heterocycles. The molecule has 3 rings (SSSR count). The third-order valence-corrected chi connectivity index (χ3v) is 3.80. The molecule has 0 bridgehead atoms. The van der Waals surface area contributed by atoms with Crippen molar-refractivity contribution in [1.82, 2.24) is 15.5 Å². The number of nitrogens with zero attached hydrogens (tertiary/aromatic N) is 2. The number of rotatable bonds is 5. The van der Waals surface area contributed by atoms with Gasteiger partial charge in [-0.25, -0.2) is 0 Å². The van der Waals surface area contributed by atoms with Crippen LogP contribution in [0.4, 0.5) is 0 Å². The van der Waals surface area contributed by atoms with E-state index < -0.39 is 0 Å². The first-order valence-electron chi connectivity index (χ1n) is 7.51. The number of nitrogens with one attached hydrogen (secondary N) is 1. The standard InChI is InChI=1S/C16H21N3O/c1-2-7-13(8-3-1)9-6-11-15-18-16(20-19-15)14-10-4-5-12-17-14/h1-3,7-8,14,17H,4-6,9-12H2/t14-/m0/s1. The predicted molar refractivity (Wildman–Crippen MR) is 77.4 cm³/mol. The van der Waals surface area contributed by atoms with Crippen molar-refractivity contribution >= 4 is 0 Å². The highest BCUT2D eigenvalue weighted by molar-refractivity contribution is 5.14. The van der Waals surface area contributed by atoms with Crippen molar-refractivity contribution < 1.29 is 4.52 Å². The first kappa shape index (κ1) is 13.3. The largest absolute Gasteiger partial charge is 0.338 e. The Balaban J connectivity index is 1.50. The highest BCUT2D eigenvalue weighted by Crippen LogP contribution is 2.21. The summed E-state index contributed by atoms with van der Waals surface area (Å²) in [7, 11) is 0. The summed E-state index contributed by atoms with van der Waals surface area (Å²) >= 11 is 0. The molecule has 1 aromatic heterocycles. The van der Waals surface area contributed by atoms with Crippen molar-refractivity contribution in [2.45, 2.75) is 44.6 Å². The van der Waals surface area contributed by atoms with E-state index in [1.807, 2.05) is 6.07 Å². The van der Waals surface area contributed by atoms with E-state index >= 15 is 0 Å². The molecule has 2 heterocycles. The van der Waals surface area contributed by atoms with Crippen LogP contribution < -0.4 is 5.32 Å². The van der Waals surface area contributed by atoms with Crippen LogP contribution in [0.5, 0.6) is 0 Å². The topological polar surface area (TPSA) is 51.0 Å². The first-order valence-corrected chi connectivity index (χ1v) is 7.51. The highest BCUT2D eigenvalue weighted by Gasteiger charge is 2.20. The van der Waals surface area contributed by atoms with Gasteiger partial charge in [-0.1, -0.05) is 41.9 Å². The van der Waals surface area contributed by atoms with E-state index in [1.54, 1.807) is 0 Å². The zero-order chi connectivity index (χ0) is 13.6. The SMILES string of the molecule is c1ccc(CCCc2noc([C@@H]3CCCCN3)n2)cc1. The van der Waals surface area contributed by atoms with Gasteiger partial charge in [0.1, 0.15) is 0 Å². The molecule has 0 aliphatic carbocycles. The van der Waals surface area contributed by atoms with Crippen LogP contribution in [-0.4, -0.2) is 16.7 Å². The second-order valence-corrected chi connectivity index (χ2v) is 5.39. The summed E-state index contributed by atoms with van der Waals surface area (Å²) in [4.78, 5) is 4.52. The molecule has 1 saturated heterocycles. The Kier molecular flexibility index (Phi) is 4.43. The minimum atomic E-state index is 0.263. The van der Waals surface area contributed by atoms with E-state index in [2.05, 4.69) is 39.7 Å². The maximum atomic E-state index is 5.38. The number of aryl methyl sites for hydroxylation is 2. The molecule has 4 nitrogen and oxygen atoms in total. The molecule has 2 aromatic rings. The van der Waals surface area contributed by atoms with Gasteiger partial charge in [0.2, 0.25) is 5.89 Å². The minimum absolute atomic E-state index is 0.263. The average molecular weight is 271 g/mol. The van der Waals surface area contributed by atoms with Gasteiger partial charge in [-0.3, -0.25) is 0 Å². The molecule has 1 N–H and O–H groups in total. The molecular formula is C16H21N3O. The predicted octanol–water partition coefficient (Wildman–Crippen LogP) is 3.06. The minimum Gasteiger partial charge on any atom is -0.338 e. The van der Waals surface area contributed by atoms with Crippen molar-refractivity contribution in [3.8, 4) is 0 Å². The van der Waals surface area contributed by atoms with Gasteiger partial charge in [-0.2, -0.15) is 4.98 Å². The van der Waals surface area contributed by atoms with Crippen LogP contribution in [-0.2, 0) is 12.8 Å². The fraction of sp³-hybridized carbons (Fsp3) is 0.500. The Morgan fingerprint density at radius 3 is 2.85 bits per heavy atom. The van der Waals surface area contributed by atoms with Crippen LogP contribution in [0.15, 0.2) is 34.9 Å². The van der Waals surface area contributed by atoms with Gasteiger partial charge in [-0.15, -0.1) is 0 Å². The lowest BCUT2D eigenvalue weighted by molar-refractivity contribution is 0.296. The van der Waals surface area contributed by atoms with E-state index in [0.717, 1.165) is 43.9 Å². The van der Waals surface area contributed by atoms with Gasteiger partial charge in [0, 0.05) is 6.42 Å². The third-order valence-electron chi connectivity index (χ3n) is 3.80. The summed E-state index contributed by atoms with van der Waals surface area (Å²) in [5.74, 6) is 1.60. The maximum Gasteiger partial charge on any atom is 0.243 e. The molecule has 1 aliphatic rings. The van der Waals surface area contributed by atoms with Crippen molar-refractivity contribution in [3.63, 3.8) is 0 Å². The molecule has 0 amide bonds. The van der Waals surface area contributed by atoms with Crippen molar-refractivity contribution in [3.05, 3.63) is 47.6 Å². The quantitative estimate of drug-likeness (QED) is 0.908. The highest BCUT2D eigenvalue weighted by atomic mass is 16.5. The Morgan fingerprint density at radius 1 is 1.15 bits per heavy atom. The summed E-state index contributed by atoms with van der Waals surface area (Å²) in [6.45, 7) is 1.05. The number of hydrogen-bond acceptors (Lipinski definition) is 4. The van der Waals surface area contributed by atoms with Crippen LogP contribution in [0.25, 0.3) is 0 Å². The van der Waals surface area contributed by atoms with E-state index in [1.165, 1.54) is 18.4 Å². The van der Waals surface area contributed by atoms with Gasteiger partial charge in [0.15, 0.2) is 5.82 Å². The van der Waals surface area contributed by atoms with Crippen molar-refractivity contribution in [1.29, 1.82) is 0 Å². The number of hydrogen-bond donors (Lipinski definition) is 1. The van der Waals surface area contributed by atoms with Crippen molar-refractivity contribution in [2.75, 3.05) is 6.54 Å². The van der Waals surface area contributed by atoms with Crippen LogP contribution in [0.1, 0.15) is 49.0 Å². The summed E-state index contributed by atoms with van der Waals surface area (Å²) in [5, 5.41) is 7.53. The Morgan fingerprint density at radius 2 is 2.05 bits per heavy atom. The van der Waals surface area contributed by atoms with Gasteiger partial charge >= 0.3 is 0 Å². The molecule has 0 saturated carbocycles. The van der Waals surface area contributed by atoms with Crippen molar-refractivity contribution in [2.24, 2.45) is 0 Å². The second-order valence-electron chi connectivity index (χ2n) is 5.39. The lowest BCUT2D eigenvalue weighted by Gasteiger charge is -2.19. The zero-order valence-electron chi connectivity index (χ0n) is 11.7. The Hall–Kier alpha value is -1.68. The van der Waals surface area contributed by atoms with Crippen LogP contribution in [0, 0.1) is 0 Å². The second kappa shape index (κ2) is 6.66. The number of piperidine rings is 1. The van der Waals surface area contributed by atoms with E-state index in [4.69, 9.17) is 4.52 Å². The maximum absolute atomic E-state index is 5.38. The summed E-state index contributed by atoms with van der Waals surface area (Å²) in [6.07, 6.45) is 6.59. The normalized spacial score (nSPS) is 19.1. The lowest BCUT2D eigenvalue weighted by atomic mass is 10.1. The monoisotopic (exact) mass is 271 g/mol. The summed E-state index contributed by atoms with van der Waals surface area (Å²) in [5.41, 5.74) is 1.37. The Labute approximate surface area is 119 Å². The van der Waals surface area contributed by atoms with Crippen LogP contribution in [0.2, 0.25) is 0 Å². The summed E-state index contributed by atoms with van der Waals surface area (Å²) < 4.78 is 5.38. The van der Waals surface area contributed by atoms with Gasteiger partial charge in [0.05, 0.1) is 6.04 Å². The number of benzene rings is 1. The molecule has 20 heavy (non-hydrogen) atoms. The van der Waals surface area contributed by atoms with Crippen LogP contribution >= 0.6 is 0 Å². The zero-order valence-corrected chi connectivity index (χ0v) is 11.7. The molecule has 4 heteroatoms. The number of aromatic nitrogens is 2. The first-order chi connectivity index (χ1) is 9.92. The third kappa shape index (κ3) is 3.45. The lowest BCUT2D eigenvalue weighted by Crippen LogP contribution is -2.27. The van der Waals surface area contributed by atoms with E-state index in [-0.39, 0.29) is 6.04 Å². The van der Waals surface area contributed by atoms with Gasteiger partial charge < -0.3 is 9.84 Å².